The maximum atomic E-state index is 13.8. The molecule has 1 N–H and O–H groups in total. The molecule has 5 nitrogen and oxygen atoms in total. The topological polar surface area (TPSA) is 54.2 Å². The Kier molecular flexibility index (Phi) is 3.69. The Morgan fingerprint density at radius 3 is 3.10 bits per heavy atom. The summed E-state index contributed by atoms with van der Waals surface area (Å²) in [6, 6.07) is 4.40. The third-order valence-electron chi connectivity index (χ3n) is 3.41. The summed E-state index contributed by atoms with van der Waals surface area (Å²) in [7, 11) is 2.00. The first-order valence-electron chi connectivity index (χ1n) is 6.35. The fraction of sp³-hybridized carbons (Fsp3) is 0.385. The molecule has 7 heteroatoms. The lowest BCUT2D eigenvalue weighted by Gasteiger charge is -2.30. The van der Waals surface area contributed by atoms with Crippen LogP contribution < -0.4 is 5.32 Å². The van der Waals surface area contributed by atoms with Crippen molar-refractivity contribution in [1.82, 2.24) is 20.4 Å². The molecule has 1 aliphatic rings. The van der Waals surface area contributed by atoms with Crippen LogP contribution in [0.25, 0.3) is 11.5 Å². The van der Waals surface area contributed by atoms with Crippen LogP contribution in [0.1, 0.15) is 11.9 Å². The van der Waals surface area contributed by atoms with E-state index in [1.807, 2.05) is 7.05 Å². The van der Waals surface area contributed by atoms with Crippen molar-refractivity contribution in [2.24, 2.45) is 0 Å². The number of hydrogen-bond acceptors (Lipinski definition) is 5. The van der Waals surface area contributed by atoms with Crippen LogP contribution in [0.5, 0.6) is 0 Å². The van der Waals surface area contributed by atoms with Crippen LogP contribution in [0.15, 0.2) is 22.7 Å². The predicted molar refractivity (Wildman–Crippen MR) is 72.9 cm³/mol. The van der Waals surface area contributed by atoms with Gasteiger partial charge in [0.05, 0.1) is 11.6 Å². The third-order valence-corrected chi connectivity index (χ3v) is 3.65. The minimum Gasteiger partial charge on any atom is -0.334 e. The lowest BCUT2D eigenvalue weighted by molar-refractivity contribution is 0.190. The van der Waals surface area contributed by atoms with Crippen LogP contribution in [-0.4, -0.2) is 41.7 Å². The molecule has 0 bridgehead atoms. The molecule has 1 aliphatic heterocycles. The molecule has 106 valence electrons. The lowest BCUT2D eigenvalue weighted by atomic mass is 10.2. The SMILES string of the molecule is CN1CCNCC1c1noc(-c2ccc(Cl)cc2F)n1. The van der Waals surface area contributed by atoms with Crippen LogP contribution >= 0.6 is 11.6 Å². The summed E-state index contributed by atoms with van der Waals surface area (Å²) < 4.78 is 19.0. The first-order valence-corrected chi connectivity index (χ1v) is 6.73. The first kappa shape index (κ1) is 13.5. The van der Waals surface area contributed by atoms with Crippen LogP contribution in [0, 0.1) is 5.82 Å². The number of aromatic nitrogens is 2. The van der Waals surface area contributed by atoms with E-state index in [4.69, 9.17) is 16.1 Å². The second-order valence-corrected chi connectivity index (χ2v) is 5.22. The van der Waals surface area contributed by atoms with E-state index >= 15 is 0 Å². The zero-order chi connectivity index (χ0) is 14.1. The predicted octanol–water partition coefficient (Wildman–Crippen LogP) is 2.11. The number of nitrogens with zero attached hydrogens (tertiary/aromatic N) is 3. The smallest absolute Gasteiger partial charge is 0.260 e. The molecular formula is C13H14ClFN4O. The van der Waals surface area contributed by atoms with Gasteiger partial charge < -0.3 is 9.84 Å². The molecule has 1 unspecified atom stereocenters. The summed E-state index contributed by atoms with van der Waals surface area (Å²) in [5.74, 6) is 0.264. The number of rotatable bonds is 2. The van der Waals surface area contributed by atoms with Crippen molar-refractivity contribution >= 4 is 11.6 Å². The Bertz CT molecular complexity index is 618. The largest absolute Gasteiger partial charge is 0.334 e. The van der Waals surface area contributed by atoms with Gasteiger partial charge >= 0.3 is 0 Å². The Morgan fingerprint density at radius 2 is 2.35 bits per heavy atom. The second kappa shape index (κ2) is 5.47. The van der Waals surface area contributed by atoms with Crippen molar-refractivity contribution in [1.29, 1.82) is 0 Å². The zero-order valence-corrected chi connectivity index (χ0v) is 11.7. The summed E-state index contributed by atoms with van der Waals surface area (Å²) in [6.07, 6.45) is 0. The number of piperazine rings is 1. The number of benzene rings is 1. The summed E-state index contributed by atoms with van der Waals surface area (Å²) in [4.78, 5) is 6.44. The van der Waals surface area contributed by atoms with Gasteiger partial charge in [0.2, 0.25) is 0 Å². The molecule has 1 aromatic heterocycles. The van der Waals surface area contributed by atoms with Gasteiger partial charge in [0.15, 0.2) is 5.82 Å². The van der Waals surface area contributed by atoms with E-state index in [1.54, 1.807) is 6.07 Å². The Morgan fingerprint density at radius 1 is 1.50 bits per heavy atom. The maximum absolute atomic E-state index is 13.8. The number of halogens is 2. The quantitative estimate of drug-likeness (QED) is 0.920. The molecule has 1 fully saturated rings. The van der Waals surface area contributed by atoms with Gasteiger partial charge in [-0.2, -0.15) is 4.98 Å². The first-order chi connectivity index (χ1) is 9.65. The molecule has 2 aromatic rings. The van der Waals surface area contributed by atoms with Crippen molar-refractivity contribution < 1.29 is 8.91 Å². The van der Waals surface area contributed by atoms with Gasteiger partial charge in [0.1, 0.15) is 5.82 Å². The number of hydrogen-bond donors (Lipinski definition) is 1. The van der Waals surface area contributed by atoms with Gasteiger partial charge in [0.25, 0.3) is 5.89 Å². The maximum Gasteiger partial charge on any atom is 0.260 e. The molecule has 1 aromatic carbocycles. The monoisotopic (exact) mass is 296 g/mol. The van der Waals surface area contributed by atoms with Gasteiger partial charge in [-0.25, -0.2) is 4.39 Å². The molecule has 2 heterocycles. The van der Waals surface area contributed by atoms with Gasteiger partial charge in [-0.1, -0.05) is 16.8 Å². The highest BCUT2D eigenvalue weighted by Gasteiger charge is 2.26. The lowest BCUT2D eigenvalue weighted by Crippen LogP contribution is -2.44. The molecule has 20 heavy (non-hydrogen) atoms. The molecule has 1 atom stereocenters. The molecule has 0 spiro atoms. The Balaban J connectivity index is 1.89. The van der Waals surface area contributed by atoms with E-state index in [9.17, 15) is 4.39 Å². The molecule has 0 aliphatic carbocycles. The summed E-state index contributed by atoms with van der Waals surface area (Å²) in [6.45, 7) is 2.59. The van der Waals surface area contributed by atoms with Crippen molar-refractivity contribution in [2.75, 3.05) is 26.7 Å². The van der Waals surface area contributed by atoms with Gasteiger partial charge in [-0.05, 0) is 25.2 Å². The molecule has 0 amide bonds. The Labute approximate surface area is 120 Å². The van der Waals surface area contributed by atoms with Crippen molar-refractivity contribution in [3.05, 3.63) is 34.9 Å². The van der Waals surface area contributed by atoms with E-state index in [-0.39, 0.29) is 17.5 Å². The zero-order valence-electron chi connectivity index (χ0n) is 10.9. The van der Waals surface area contributed by atoms with Gasteiger partial charge in [0, 0.05) is 24.7 Å². The highest BCUT2D eigenvalue weighted by Crippen LogP contribution is 2.26. The fourth-order valence-electron chi connectivity index (χ4n) is 2.24. The standard InChI is InChI=1S/C13H14ClFN4O/c1-19-5-4-16-7-11(19)12-17-13(20-18-12)9-3-2-8(14)6-10(9)15/h2-3,6,11,16H,4-5,7H2,1H3. The minimum absolute atomic E-state index is 0.0385. The summed E-state index contributed by atoms with van der Waals surface area (Å²) in [5.41, 5.74) is 0.263. The molecular weight excluding hydrogens is 283 g/mol. The number of nitrogens with one attached hydrogen (secondary N) is 1. The van der Waals surface area contributed by atoms with Crippen LogP contribution in [0.2, 0.25) is 5.02 Å². The fourth-order valence-corrected chi connectivity index (χ4v) is 2.40. The van der Waals surface area contributed by atoms with E-state index in [0.29, 0.717) is 10.8 Å². The van der Waals surface area contributed by atoms with Crippen LogP contribution in [-0.2, 0) is 0 Å². The molecule has 1 saturated heterocycles. The highest BCUT2D eigenvalue weighted by atomic mass is 35.5. The third kappa shape index (κ3) is 2.54. The minimum atomic E-state index is -0.470. The van der Waals surface area contributed by atoms with Gasteiger partial charge in [-0.3, -0.25) is 4.90 Å². The normalized spacial score (nSPS) is 20.2. The number of likely N-dealkylation sites (N-methyl/N-ethyl adjacent to an activating group) is 1. The van der Waals surface area contributed by atoms with Gasteiger partial charge in [-0.15, -0.1) is 0 Å². The van der Waals surface area contributed by atoms with Crippen molar-refractivity contribution in [3.8, 4) is 11.5 Å². The molecule has 0 saturated carbocycles. The van der Waals surface area contributed by atoms with Crippen LogP contribution in [0.4, 0.5) is 4.39 Å². The van der Waals surface area contributed by atoms with Crippen LogP contribution in [0.3, 0.4) is 0 Å². The van der Waals surface area contributed by atoms with Crippen molar-refractivity contribution in [2.45, 2.75) is 6.04 Å². The van der Waals surface area contributed by atoms with E-state index in [0.717, 1.165) is 19.6 Å². The summed E-state index contributed by atoms with van der Waals surface area (Å²) >= 11 is 5.73. The summed E-state index contributed by atoms with van der Waals surface area (Å²) in [5, 5.41) is 7.57. The average molecular weight is 297 g/mol. The average Bonchev–Trinajstić information content (AvgIpc) is 2.88. The van der Waals surface area contributed by atoms with E-state index in [1.165, 1.54) is 12.1 Å². The van der Waals surface area contributed by atoms with E-state index < -0.39 is 5.82 Å². The Hall–Kier alpha value is -1.50. The van der Waals surface area contributed by atoms with Crippen molar-refractivity contribution in [3.63, 3.8) is 0 Å². The highest BCUT2D eigenvalue weighted by molar-refractivity contribution is 6.30. The second-order valence-electron chi connectivity index (χ2n) is 4.78. The molecule has 3 rings (SSSR count). The molecule has 0 radical (unpaired) electrons. The van der Waals surface area contributed by atoms with E-state index in [2.05, 4.69) is 20.4 Å².